The van der Waals surface area contributed by atoms with Gasteiger partial charge < -0.3 is 8.98 Å². The van der Waals surface area contributed by atoms with Crippen LogP contribution in [0.2, 0.25) is 0 Å². The predicted molar refractivity (Wildman–Crippen MR) is 161 cm³/mol. The van der Waals surface area contributed by atoms with Gasteiger partial charge in [0.2, 0.25) is 0 Å². The number of nitrogens with zero attached hydrogens (tertiary/aromatic N) is 2. The molecule has 3 nitrogen and oxygen atoms in total. The molecule has 3 heteroatoms. The van der Waals surface area contributed by atoms with Gasteiger partial charge in [-0.3, -0.25) is 4.98 Å². The summed E-state index contributed by atoms with van der Waals surface area (Å²) in [5, 5.41) is 5.98. The van der Waals surface area contributed by atoms with Crippen molar-refractivity contribution in [1.82, 2.24) is 9.55 Å². The van der Waals surface area contributed by atoms with Gasteiger partial charge >= 0.3 is 0 Å². The van der Waals surface area contributed by atoms with Crippen LogP contribution in [0.15, 0.2) is 114 Å². The summed E-state index contributed by atoms with van der Waals surface area (Å²) in [6.45, 7) is 4.71. The van der Waals surface area contributed by atoms with Crippen LogP contribution < -0.4 is 0 Å². The zero-order chi connectivity index (χ0) is 25.9. The van der Waals surface area contributed by atoms with Crippen LogP contribution in [0.4, 0.5) is 0 Å². The van der Waals surface area contributed by atoms with Crippen molar-refractivity contribution in [1.29, 1.82) is 0 Å². The molecule has 0 amide bonds. The Morgan fingerprint density at radius 1 is 0.692 bits per heavy atom. The smallest absolute Gasteiger partial charge is 0.159 e. The Morgan fingerprint density at radius 3 is 2.44 bits per heavy atom. The van der Waals surface area contributed by atoms with Gasteiger partial charge in [-0.2, -0.15) is 0 Å². The highest BCUT2D eigenvalue weighted by atomic mass is 16.3. The molecule has 0 atom stereocenters. The number of furan rings is 1. The Kier molecular flexibility index (Phi) is 3.86. The molecule has 9 rings (SSSR count). The number of hydrogen-bond donors (Lipinski definition) is 0. The molecule has 0 bridgehead atoms. The van der Waals surface area contributed by atoms with E-state index >= 15 is 0 Å². The maximum Gasteiger partial charge on any atom is 0.159 e. The van der Waals surface area contributed by atoms with Gasteiger partial charge in [0.05, 0.1) is 22.2 Å². The second kappa shape index (κ2) is 7.15. The topological polar surface area (TPSA) is 31.0 Å². The van der Waals surface area contributed by atoms with Crippen LogP contribution in [0, 0.1) is 0 Å². The van der Waals surface area contributed by atoms with Gasteiger partial charge in [-0.15, -0.1) is 0 Å². The van der Waals surface area contributed by atoms with Crippen LogP contribution in [0.3, 0.4) is 0 Å². The van der Waals surface area contributed by atoms with Gasteiger partial charge in [-0.25, -0.2) is 0 Å². The van der Waals surface area contributed by atoms with Crippen molar-refractivity contribution in [3.8, 4) is 16.8 Å². The molecule has 1 aliphatic rings. The van der Waals surface area contributed by atoms with Crippen LogP contribution in [-0.2, 0) is 5.41 Å². The van der Waals surface area contributed by atoms with Gasteiger partial charge in [-0.05, 0) is 58.7 Å². The summed E-state index contributed by atoms with van der Waals surface area (Å²) in [5.41, 5.74) is 11.5. The van der Waals surface area contributed by atoms with E-state index in [0.29, 0.717) is 0 Å². The van der Waals surface area contributed by atoms with E-state index in [2.05, 4.69) is 114 Å². The Morgan fingerprint density at radius 2 is 1.51 bits per heavy atom. The van der Waals surface area contributed by atoms with Crippen molar-refractivity contribution in [3.05, 3.63) is 120 Å². The second-order valence-corrected chi connectivity index (χ2v) is 11.2. The minimum absolute atomic E-state index is 0.205. The Hall–Kier alpha value is -4.89. The van der Waals surface area contributed by atoms with Crippen molar-refractivity contribution >= 4 is 54.6 Å². The molecule has 5 aromatic carbocycles. The summed E-state index contributed by atoms with van der Waals surface area (Å²) >= 11 is 0. The first-order chi connectivity index (χ1) is 19.1. The maximum atomic E-state index is 6.56. The Bertz CT molecular complexity index is 2320. The summed E-state index contributed by atoms with van der Waals surface area (Å²) in [6.07, 6.45) is 1.88. The van der Waals surface area contributed by atoms with Crippen LogP contribution in [-0.4, -0.2) is 9.55 Å². The summed E-state index contributed by atoms with van der Waals surface area (Å²) in [6, 6.07) is 37.0. The van der Waals surface area contributed by atoms with Gasteiger partial charge in [0.1, 0.15) is 5.58 Å². The highest BCUT2D eigenvalue weighted by Gasteiger charge is 2.39. The quantitative estimate of drug-likeness (QED) is 0.225. The summed E-state index contributed by atoms with van der Waals surface area (Å²) in [5.74, 6) is 0. The molecule has 0 saturated heterocycles. The number of hydrogen-bond acceptors (Lipinski definition) is 2. The molecule has 8 aromatic rings. The number of aromatic nitrogens is 2. The van der Waals surface area contributed by atoms with E-state index in [1.165, 1.54) is 49.4 Å². The highest BCUT2D eigenvalue weighted by Crippen LogP contribution is 2.54. The normalized spacial score (nSPS) is 14.1. The first-order valence-corrected chi connectivity index (χ1v) is 13.5. The average molecular weight is 501 g/mol. The molecule has 0 spiro atoms. The van der Waals surface area contributed by atoms with E-state index in [-0.39, 0.29) is 5.41 Å². The molecule has 0 radical (unpaired) electrons. The van der Waals surface area contributed by atoms with Crippen molar-refractivity contribution in [3.63, 3.8) is 0 Å². The molecule has 0 N–H and O–H groups in total. The molecule has 3 heterocycles. The second-order valence-electron chi connectivity index (χ2n) is 11.2. The van der Waals surface area contributed by atoms with E-state index in [4.69, 9.17) is 4.42 Å². The van der Waals surface area contributed by atoms with E-state index in [1.807, 2.05) is 18.3 Å². The molecule has 0 fully saturated rings. The van der Waals surface area contributed by atoms with Crippen molar-refractivity contribution in [2.24, 2.45) is 0 Å². The number of para-hydroxylation sites is 3. The number of rotatable bonds is 1. The summed E-state index contributed by atoms with van der Waals surface area (Å²) in [7, 11) is 0. The summed E-state index contributed by atoms with van der Waals surface area (Å²) < 4.78 is 9.01. The van der Waals surface area contributed by atoms with Crippen LogP contribution in [0.1, 0.15) is 25.0 Å². The molecule has 39 heavy (non-hydrogen) atoms. The monoisotopic (exact) mass is 500 g/mol. The number of fused-ring (bicyclic) bond motifs is 11. The molecule has 0 unspecified atom stereocenters. The van der Waals surface area contributed by atoms with E-state index in [9.17, 15) is 0 Å². The van der Waals surface area contributed by atoms with Gasteiger partial charge in [0.15, 0.2) is 5.58 Å². The van der Waals surface area contributed by atoms with Crippen molar-refractivity contribution in [2.45, 2.75) is 19.3 Å². The van der Waals surface area contributed by atoms with E-state index < -0.39 is 0 Å². The van der Waals surface area contributed by atoms with Crippen LogP contribution in [0.25, 0.3) is 71.5 Å². The van der Waals surface area contributed by atoms with Gasteiger partial charge in [-0.1, -0.05) is 80.6 Å². The molecular weight excluding hydrogens is 476 g/mol. The van der Waals surface area contributed by atoms with Crippen molar-refractivity contribution < 1.29 is 4.42 Å². The van der Waals surface area contributed by atoms with Gasteiger partial charge in [0.25, 0.3) is 0 Å². The van der Waals surface area contributed by atoms with Crippen LogP contribution in [0.5, 0.6) is 0 Å². The lowest BCUT2D eigenvalue weighted by Crippen LogP contribution is -2.16. The van der Waals surface area contributed by atoms with Gasteiger partial charge in [0, 0.05) is 38.5 Å². The fourth-order valence-corrected chi connectivity index (χ4v) is 7.07. The third kappa shape index (κ3) is 2.60. The Labute approximate surface area is 224 Å². The van der Waals surface area contributed by atoms with Crippen LogP contribution >= 0.6 is 0 Å². The summed E-state index contributed by atoms with van der Waals surface area (Å²) in [4.78, 5) is 4.69. The lowest BCUT2D eigenvalue weighted by atomic mass is 9.81. The lowest BCUT2D eigenvalue weighted by molar-refractivity contribution is 0.660. The lowest BCUT2D eigenvalue weighted by Gasteiger charge is -2.24. The largest absolute Gasteiger partial charge is 0.454 e. The standard InChI is InChI=1S/C36H24N2O/c1-36(2)28-20-29-21(9-8-18-37-29)19-27(28)24-16-17-25-22-10-3-5-13-30(22)38(34(25)33(24)36)31-14-7-12-26-23-11-4-6-15-32(23)39-35(26)31/h3-20H,1-2H3. The fraction of sp³-hybridized carbons (Fsp3) is 0.0833. The molecule has 0 saturated carbocycles. The number of pyridine rings is 1. The fourth-order valence-electron chi connectivity index (χ4n) is 7.07. The minimum atomic E-state index is -0.205. The highest BCUT2D eigenvalue weighted by molar-refractivity contribution is 6.15. The molecule has 184 valence electrons. The minimum Gasteiger partial charge on any atom is -0.454 e. The number of benzene rings is 5. The third-order valence-corrected chi connectivity index (χ3v) is 8.79. The average Bonchev–Trinajstić information content (AvgIpc) is 3.58. The zero-order valence-corrected chi connectivity index (χ0v) is 21.7. The molecule has 3 aromatic heterocycles. The maximum absolute atomic E-state index is 6.56. The zero-order valence-electron chi connectivity index (χ0n) is 21.7. The molecule has 0 aliphatic heterocycles. The Balaban J connectivity index is 1.47. The molecular formula is C36H24N2O. The van der Waals surface area contributed by atoms with Crippen molar-refractivity contribution in [2.75, 3.05) is 0 Å². The first kappa shape index (κ1) is 21.1. The van der Waals surface area contributed by atoms with E-state index in [0.717, 1.165) is 33.1 Å². The van der Waals surface area contributed by atoms with E-state index in [1.54, 1.807) is 0 Å². The molecule has 1 aliphatic carbocycles. The first-order valence-electron chi connectivity index (χ1n) is 13.5. The SMILES string of the molecule is CC1(C)c2cc3ncccc3cc2-c2ccc3c4ccccc4n(-c4cccc5c4oc4ccccc45)c3c21. The third-order valence-electron chi connectivity index (χ3n) is 8.79. The predicted octanol–water partition coefficient (Wildman–Crippen LogP) is 9.54.